The van der Waals surface area contributed by atoms with E-state index in [4.69, 9.17) is 9.15 Å². The molecule has 0 bridgehead atoms. The van der Waals surface area contributed by atoms with Crippen LogP contribution in [0.25, 0.3) is 44.3 Å². The zero-order valence-electron chi connectivity index (χ0n) is 19.3. The SMILES string of the molecule is COc1cc(-c2ccncc2C(=O)O)c2c(=O)c(-c3ccc(-c4ccncc4C(=O)O)cc3)coc2c1. The van der Waals surface area contributed by atoms with E-state index in [0.717, 1.165) is 0 Å². The molecule has 0 atom stereocenters. The third-order valence-electron chi connectivity index (χ3n) is 5.99. The lowest BCUT2D eigenvalue weighted by atomic mass is 9.95. The monoisotopic (exact) mass is 494 g/mol. The lowest BCUT2D eigenvalue weighted by Crippen LogP contribution is -2.08. The summed E-state index contributed by atoms with van der Waals surface area (Å²) in [7, 11) is 1.46. The molecule has 0 saturated heterocycles. The van der Waals surface area contributed by atoms with Gasteiger partial charge in [0.05, 0.1) is 29.2 Å². The van der Waals surface area contributed by atoms with Gasteiger partial charge in [-0.25, -0.2) is 9.59 Å². The van der Waals surface area contributed by atoms with Crippen LogP contribution in [0.4, 0.5) is 0 Å². The molecular formula is C28H18N2O7. The third kappa shape index (κ3) is 4.19. The van der Waals surface area contributed by atoms with Crippen LogP contribution in [0.2, 0.25) is 0 Å². The molecule has 2 N–H and O–H groups in total. The van der Waals surface area contributed by atoms with Crippen LogP contribution in [0.3, 0.4) is 0 Å². The number of pyridine rings is 2. The average Bonchev–Trinajstić information content (AvgIpc) is 2.92. The molecule has 0 fully saturated rings. The average molecular weight is 494 g/mol. The van der Waals surface area contributed by atoms with Crippen molar-refractivity contribution < 1.29 is 29.0 Å². The molecule has 5 aromatic rings. The molecule has 3 aromatic heterocycles. The van der Waals surface area contributed by atoms with Crippen LogP contribution < -0.4 is 10.2 Å². The molecule has 0 aliphatic rings. The maximum Gasteiger partial charge on any atom is 0.337 e. The summed E-state index contributed by atoms with van der Waals surface area (Å²) in [6.07, 6.45) is 6.79. The molecule has 0 unspecified atom stereocenters. The number of aromatic carboxylic acids is 2. The summed E-state index contributed by atoms with van der Waals surface area (Å²) in [5.74, 6) is -1.89. The molecular weight excluding hydrogens is 476 g/mol. The zero-order valence-corrected chi connectivity index (χ0v) is 19.3. The zero-order chi connectivity index (χ0) is 26.1. The van der Waals surface area contributed by atoms with Crippen LogP contribution >= 0.6 is 0 Å². The first-order valence-corrected chi connectivity index (χ1v) is 11.0. The Morgan fingerprint density at radius 2 is 1.35 bits per heavy atom. The normalized spacial score (nSPS) is 10.8. The van der Waals surface area contributed by atoms with Crippen LogP contribution in [0.15, 0.2) is 88.8 Å². The second kappa shape index (κ2) is 9.38. The fourth-order valence-corrected chi connectivity index (χ4v) is 4.20. The first-order chi connectivity index (χ1) is 17.9. The predicted octanol–water partition coefficient (Wildman–Crippen LogP) is 4.99. The summed E-state index contributed by atoms with van der Waals surface area (Å²) >= 11 is 0. The van der Waals surface area contributed by atoms with Crippen LogP contribution in [0.5, 0.6) is 5.75 Å². The van der Waals surface area contributed by atoms with E-state index in [1.165, 1.54) is 44.2 Å². The quantitative estimate of drug-likeness (QED) is 0.334. The Morgan fingerprint density at radius 3 is 1.95 bits per heavy atom. The van der Waals surface area contributed by atoms with Crippen LogP contribution in [0, 0.1) is 0 Å². The Kier molecular flexibility index (Phi) is 5.94. The van der Waals surface area contributed by atoms with E-state index in [1.807, 2.05) is 0 Å². The van der Waals surface area contributed by atoms with Crippen molar-refractivity contribution in [3.63, 3.8) is 0 Å². The van der Waals surface area contributed by atoms with Crippen LogP contribution in [0.1, 0.15) is 20.7 Å². The Morgan fingerprint density at radius 1 is 0.784 bits per heavy atom. The minimum absolute atomic E-state index is 0.0608. The highest BCUT2D eigenvalue weighted by Crippen LogP contribution is 2.35. The van der Waals surface area contributed by atoms with Crippen molar-refractivity contribution >= 4 is 22.9 Å². The minimum atomic E-state index is -1.19. The smallest absolute Gasteiger partial charge is 0.337 e. The van der Waals surface area contributed by atoms with Crippen molar-refractivity contribution in [1.82, 2.24) is 9.97 Å². The molecule has 0 aliphatic carbocycles. The summed E-state index contributed by atoms with van der Waals surface area (Å²) in [6, 6.07) is 13.1. The van der Waals surface area contributed by atoms with Crippen molar-refractivity contribution in [3.05, 3.63) is 101 Å². The number of aromatic nitrogens is 2. The summed E-state index contributed by atoms with van der Waals surface area (Å²) in [6.45, 7) is 0. The van der Waals surface area contributed by atoms with Crippen molar-refractivity contribution in [2.24, 2.45) is 0 Å². The fourth-order valence-electron chi connectivity index (χ4n) is 4.20. The van der Waals surface area contributed by atoms with Gasteiger partial charge in [0, 0.05) is 42.0 Å². The highest BCUT2D eigenvalue weighted by Gasteiger charge is 2.20. The number of hydrogen-bond acceptors (Lipinski definition) is 7. The van der Waals surface area contributed by atoms with E-state index in [0.29, 0.717) is 33.6 Å². The van der Waals surface area contributed by atoms with Crippen LogP contribution in [-0.4, -0.2) is 39.2 Å². The molecule has 0 aliphatic heterocycles. The fraction of sp³-hybridized carbons (Fsp3) is 0.0357. The van der Waals surface area contributed by atoms with Gasteiger partial charge in [0.25, 0.3) is 0 Å². The van der Waals surface area contributed by atoms with Crippen LogP contribution in [-0.2, 0) is 0 Å². The summed E-state index contributed by atoms with van der Waals surface area (Å²) < 4.78 is 11.2. The van der Waals surface area contributed by atoms with Crippen molar-refractivity contribution in [2.75, 3.05) is 7.11 Å². The maximum absolute atomic E-state index is 13.8. The molecule has 0 saturated carbocycles. The summed E-state index contributed by atoms with van der Waals surface area (Å²) in [5.41, 5.74) is 2.42. The summed E-state index contributed by atoms with van der Waals surface area (Å²) in [5, 5.41) is 19.3. The van der Waals surface area contributed by atoms with Gasteiger partial charge in [0.2, 0.25) is 5.43 Å². The van der Waals surface area contributed by atoms with Gasteiger partial charge in [-0.3, -0.25) is 14.8 Å². The maximum atomic E-state index is 13.8. The van der Waals surface area contributed by atoms with Crippen molar-refractivity contribution in [2.45, 2.75) is 0 Å². The van der Waals surface area contributed by atoms with E-state index < -0.39 is 11.9 Å². The number of fused-ring (bicyclic) bond motifs is 1. The van der Waals surface area contributed by atoms with Gasteiger partial charge in [-0.05, 0) is 34.9 Å². The number of carboxylic acids is 2. The number of methoxy groups -OCH3 is 1. The molecule has 0 radical (unpaired) electrons. The standard InChI is InChI=1S/C28H18N2O7/c1-36-17-10-20(19-7-9-30-13-22(19)28(34)35)25-24(11-17)37-14-23(26(25)31)16-4-2-15(3-5-16)18-6-8-29-12-21(18)27(32)33/h2-14H,1H3,(H,32,33)(H,34,35). The molecule has 182 valence electrons. The molecule has 9 nitrogen and oxygen atoms in total. The van der Waals surface area contributed by atoms with Gasteiger partial charge < -0.3 is 19.4 Å². The van der Waals surface area contributed by atoms with Gasteiger partial charge in [-0.2, -0.15) is 0 Å². The van der Waals surface area contributed by atoms with Gasteiger partial charge in [-0.15, -0.1) is 0 Å². The topological polar surface area (TPSA) is 140 Å². The predicted molar refractivity (Wildman–Crippen MR) is 135 cm³/mol. The molecule has 5 rings (SSSR count). The number of carboxylic acid groups (broad SMARTS) is 2. The molecule has 2 aromatic carbocycles. The Hall–Kier alpha value is -5.31. The number of hydrogen-bond donors (Lipinski definition) is 2. The van der Waals surface area contributed by atoms with Crippen molar-refractivity contribution in [3.8, 4) is 39.1 Å². The lowest BCUT2D eigenvalue weighted by molar-refractivity contribution is 0.0686. The van der Waals surface area contributed by atoms with Gasteiger partial charge >= 0.3 is 11.9 Å². The molecule has 37 heavy (non-hydrogen) atoms. The van der Waals surface area contributed by atoms with E-state index in [9.17, 15) is 24.6 Å². The number of carbonyl (C=O) groups is 2. The molecule has 0 amide bonds. The lowest BCUT2D eigenvalue weighted by Gasteiger charge is -2.12. The number of rotatable bonds is 6. The minimum Gasteiger partial charge on any atom is -0.497 e. The van der Waals surface area contributed by atoms with Gasteiger partial charge in [0.15, 0.2) is 0 Å². The third-order valence-corrected chi connectivity index (χ3v) is 5.99. The second-order valence-corrected chi connectivity index (χ2v) is 8.06. The number of ether oxygens (including phenoxy) is 1. The highest BCUT2D eigenvalue weighted by molar-refractivity contribution is 6.03. The first-order valence-electron chi connectivity index (χ1n) is 11.0. The van der Waals surface area contributed by atoms with E-state index >= 15 is 0 Å². The van der Waals surface area contributed by atoms with Crippen molar-refractivity contribution in [1.29, 1.82) is 0 Å². The highest BCUT2D eigenvalue weighted by atomic mass is 16.5. The molecule has 9 heteroatoms. The van der Waals surface area contributed by atoms with E-state index in [1.54, 1.807) is 42.5 Å². The number of nitrogens with zero attached hydrogens (tertiary/aromatic N) is 2. The molecule has 0 spiro atoms. The van der Waals surface area contributed by atoms with E-state index in [2.05, 4.69) is 9.97 Å². The largest absolute Gasteiger partial charge is 0.497 e. The Labute approximate surface area is 209 Å². The van der Waals surface area contributed by atoms with Gasteiger partial charge in [-0.1, -0.05) is 24.3 Å². The number of benzene rings is 2. The van der Waals surface area contributed by atoms with E-state index in [-0.39, 0.29) is 33.1 Å². The second-order valence-electron chi connectivity index (χ2n) is 8.06. The Bertz CT molecular complexity index is 1740. The first kappa shape index (κ1) is 23.4. The summed E-state index contributed by atoms with van der Waals surface area (Å²) in [4.78, 5) is 45.0. The Balaban J connectivity index is 1.69. The van der Waals surface area contributed by atoms with Gasteiger partial charge in [0.1, 0.15) is 17.6 Å². The molecule has 3 heterocycles.